The zero-order valence-electron chi connectivity index (χ0n) is 13.3. The number of carboxylic acid groups (broad SMARTS) is 1. The van der Waals surface area contributed by atoms with Gasteiger partial charge in [-0.25, -0.2) is 0 Å². The minimum Gasteiger partial charge on any atom is -0.481 e. The summed E-state index contributed by atoms with van der Waals surface area (Å²) in [5.41, 5.74) is 0. The number of rotatable bonds is 4. The molecule has 116 valence electrons. The first-order chi connectivity index (χ1) is 9.44. The molecule has 1 aliphatic heterocycles. The standard InChI is InChI=1S/C17H31NO2/c1-12-6-13(2)8-15(7-12)4-5-18-10-14(3)9-16(11-18)17(19)20/h12-16H,4-11H2,1-3H3,(H,19,20). The number of nitrogens with zero attached hydrogens (tertiary/aromatic N) is 1. The summed E-state index contributed by atoms with van der Waals surface area (Å²) in [6.07, 6.45) is 6.24. The topological polar surface area (TPSA) is 40.5 Å². The van der Waals surface area contributed by atoms with E-state index in [-0.39, 0.29) is 5.92 Å². The van der Waals surface area contributed by atoms with Gasteiger partial charge in [-0.1, -0.05) is 20.8 Å². The summed E-state index contributed by atoms with van der Waals surface area (Å²) in [5, 5.41) is 9.23. The Morgan fingerprint density at radius 3 is 2.25 bits per heavy atom. The van der Waals surface area contributed by atoms with Gasteiger partial charge in [-0.15, -0.1) is 0 Å². The SMILES string of the molecule is CC1CC(C)CC(CCN2CC(C)CC(C(=O)O)C2)C1. The molecule has 1 heterocycles. The van der Waals surface area contributed by atoms with Crippen molar-refractivity contribution < 1.29 is 9.90 Å². The lowest BCUT2D eigenvalue weighted by atomic mass is 9.75. The molecule has 1 saturated carbocycles. The fourth-order valence-corrected chi connectivity index (χ4v) is 4.54. The highest BCUT2D eigenvalue weighted by Crippen LogP contribution is 2.35. The summed E-state index contributed by atoms with van der Waals surface area (Å²) in [7, 11) is 0. The van der Waals surface area contributed by atoms with Crippen LogP contribution in [-0.2, 0) is 4.79 Å². The summed E-state index contributed by atoms with van der Waals surface area (Å²) in [6.45, 7) is 9.89. The quantitative estimate of drug-likeness (QED) is 0.857. The van der Waals surface area contributed by atoms with Crippen LogP contribution in [0.1, 0.15) is 52.9 Å². The third-order valence-corrected chi connectivity index (χ3v) is 5.21. The van der Waals surface area contributed by atoms with Gasteiger partial charge < -0.3 is 10.0 Å². The van der Waals surface area contributed by atoms with Crippen molar-refractivity contribution in [2.75, 3.05) is 19.6 Å². The second kappa shape index (κ2) is 6.93. The van der Waals surface area contributed by atoms with Crippen molar-refractivity contribution in [3.8, 4) is 0 Å². The average Bonchev–Trinajstić information content (AvgIpc) is 2.34. The lowest BCUT2D eigenvalue weighted by molar-refractivity contribution is -0.144. The molecule has 1 aliphatic carbocycles. The van der Waals surface area contributed by atoms with E-state index in [1.165, 1.54) is 25.7 Å². The van der Waals surface area contributed by atoms with Crippen LogP contribution in [0, 0.1) is 29.6 Å². The van der Waals surface area contributed by atoms with Crippen LogP contribution in [0.25, 0.3) is 0 Å². The maximum atomic E-state index is 11.2. The Morgan fingerprint density at radius 1 is 1.00 bits per heavy atom. The molecule has 1 N–H and O–H groups in total. The highest BCUT2D eigenvalue weighted by molar-refractivity contribution is 5.70. The maximum Gasteiger partial charge on any atom is 0.307 e. The van der Waals surface area contributed by atoms with Crippen LogP contribution in [0.3, 0.4) is 0 Å². The molecule has 0 aromatic heterocycles. The second-order valence-corrected chi connectivity index (χ2v) is 7.71. The van der Waals surface area contributed by atoms with E-state index < -0.39 is 5.97 Å². The molecule has 2 fully saturated rings. The number of carboxylic acids is 1. The van der Waals surface area contributed by atoms with Crippen LogP contribution in [-0.4, -0.2) is 35.6 Å². The number of aliphatic carboxylic acids is 1. The fourth-order valence-electron chi connectivity index (χ4n) is 4.54. The molecule has 4 atom stereocenters. The number of carbonyl (C=O) groups is 1. The van der Waals surface area contributed by atoms with Crippen LogP contribution in [0.4, 0.5) is 0 Å². The van der Waals surface area contributed by atoms with Crippen molar-refractivity contribution in [2.24, 2.45) is 29.6 Å². The Balaban J connectivity index is 1.79. The summed E-state index contributed by atoms with van der Waals surface area (Å²) >= 11 is 0. The Labute approximate surface area is 123 Å². The monoisotopic (exact) mass is 281 g/mol. The van der Waals surface area contributed by atoms with Crippen molar-refractivity contribution in [3.05, 3.63) is 0 Å². The Hall–Kier alpha value is -0.570. The normalized spacial score (nSPS) is 39.6. The summed E-state index contributed by atoms with van der Waals surface area (Å²) in [5.74, 6) is 2.36. The second-order valence-electron chi connectivity index (χ2n) is 7.71. The van der Waals surface area contributed by atoms with Crippen LogP contribution in [0.2, 0.25) is 0 Å². The zero-order chi connectivity index (χ0) is 14.7. The van der Waals surface area contributed by atoms with Crippen LogP contribution < -0.4 is 0 Å². The average molecular weight is 281 g/mol. The van der Waals surface area contributed by atoms with Gasteiger partial charge in [-0.05, 0) is 62.3 Å². The lowest BCUT2D eigenvalue weighted by Gasteiger charge is -2.37. The van der Waals surface area contributed by atoms with E-state index in [0.29, 0.717) is 5.92 Å². The molecular weight excluding hydrogens is 250 g/mol. The van der Waals surface area contributed by atoms with E-state index in [4.69, 9.17) is 0 Å². The predicted molar refractivity (Wildman–Crippen MR) is 81.6 cm³/mol. The number of likely N-dealkylation sites (tertiary alicyclic amines) is 1. The van der Waals surface area contributed by atoms with E-state index in [1.54, 1.807) is 0 Å². The Morgan fingerprint density at radius 2 is 1.65 bits per heavy atom. The van der Waals surface area contributed by atoms with Gasteiger partial charge in [0.25, 0.3) is 0 Å². The number of piperidine rings is 1. The molecule has 4 unspecified atom stereocenters. The molecule has 0 bridgehead atoms. The largest absolute Gasteiger partial charge is 0.481 e. The van der Waals surface area contributed by atoms with Crippen LogP contribution >= 0.6 is 0 Å². The molecule has 3 nitrogen and oxygen atoms in total. The molecule has 20 heavy (non-hydrogen) atoms. The molecular formula is C17H31NO2. The fraction of sp³-hybridized carbons (Fsp3) is 0.941. The van der Waals surface area contributed by atoms with Gasteiger partial charge >= 0.3 is 5.97 Å². The van der Waals surface area contributed by atoms with Gasteiger partial charge in [0.15, 0.2) is 0 Å². The van der Waals surface area contributed by atoms with Gasteiger partial charge in [0.1, 0.15) is 0 Å². The first kappa shape index (κ1) is 15.8. The van der Waals surface area contributed by atoms with E-state index in [2.05, 4.69) is 25.7 Å². The van der Waals surface area contributed by atoms with Crippen LogP contribution in [0.5, 0.6) is 0 Å². The van der Waals surface area contributed by atoms with Gasteiger partial charge in [0.05, 0.1) is 5.92 Å². The van der Waals surface area contributed by atoms with Crippen molar-refractivity contribution >= 4 is 5.97 Å². The molecule has 2 aliphatic rings. The first-order valence-corrected chi connectivity index (χ1v) is 8.39. The van der Waals surface area contributed by atoms with Crippen molar-refractivity contribution in [1.29, 1.82) is 0 Å². The summed E-state index contributed by atoms with van der Waals surface area (Å²) < 4.78 is 0. The molecule has 0 aromatic carbocycles. The Bertz CT molecular complexity index is 321. The van der Waals surface area contributed by atoms with Crippen molar-refractivity contribution in [2.45, 2.75) is 52.9 Å². The summed E-state index contributed by atoms with van der Waals surface area (Å²) in [4.78, 5) is 13.6. The predicted octanol–water partition coefficient (Wildman–Crippen LogP) is 3.49. The zero-order valence-corrected chi connectivity index (χ0v) is 13.3. The molecule has 0 radical (unpaired) electrons. The van der Waals surface area contributed by atoms with Crippen molar-refractivity contribution in [3.63, 3.8) is 0 Å². The molecule has 0 aromatic rings. The minimum absolute atomic E-state index is 0.150. The lowest BCUT2D eigenvalue weighted by Crippen LogP contribution is -2.43. The third-order valence-electron chi connectivity index (χ3n) is 5.21. The molecule has 0 spiro atoms. The smallest absolute Gasteiger partial charge is 0.307 e. The van der Waals surface area contributed by atoms with Crippen LogP contribution in [0.15, 0.2) is 0 Å². The van der Waals surface area contributed by atoms with Gasteiger partial charge in [-0.2, -0.15) is 0 Å². The third kappa shape index (κ3) is 4.47. The highest BCUT2D eigenvalue weighted by Gasteiger charge is 2.30. The van der Waals surface area contributed by atoms with E-state index in [0.717, 1.165) is 43.8 Å². The molecule has 1 saturated heterocycles. The maximum absolute atomic E-state index is 11.2. The minimum atomic E-state index is -0.610. The van der Waals surface area contributed by atoms with Gasteiger partial charge in [-0.3, -0.25) is 4.79 Å². The van der Waals surface area contributed by atoms with E-state index in [1.807, 2.05) is 0 Å². The molecule has 2 rings (SSSR count). The van der Waals surface area contributed by atoms with Crippen molar-refractivity contribution in [1.82, 2.24) is 4.90 Å². The van der Waals surface area contributed by atoms with E-state index in [9.17, 15) is 9.90 Å². The number of hydrogen-bond donors (Lipinski definition) is 1. The van der Waals surface area contributed by atoms with Gasteiger partial charge in [0.2, 0.25) is 0 Å². The van der Waals surface area contributed by atoms with E-state index >= 15 is 0 Å². The molecule has 3 heteroatoms. The molecule has 0 amide bonds. The highest BCUT2D eigenvalue weighted by atomic mass is 16.4. The summed E-state index contributed by atoms with van der Waals surface area (Å²) in [6, 6.07) is 0. The number of hydrogen-bond acceptors (Lipinski definition) is 2. The Kier molecular flexibility index (Phi) is 5.48. The van der Waals surface area contributed by atoms with Gasteiger partial charge in [0, 0.05) is 13.1 Å². The first-order valence-electron chi connectivity index (χ1n) is 8.39.